The Balaban J connectivity index is 2.82. The summed E-state index contributed by atoms with van der Waals surface area (Å²) in [6.07, 6.45) is 0. The number of nitrogens with one attached hydrogen (secondary N) is 1. The molecule has 0 amide bonds. The van der Waals surface area contributed by atoms with Crippen LogP contribution in [0, 0.1) is 0 Å². The van der Waals surface area contributed by atoms with E-state index in [9.17, 15) is 5.11 Å². The molecular weight excluding hydrogens is 150 g/mol. The van der Waals surface area contributed by atoms with Gasteiger partial charge in [0.2, 0.25) is 0 Å². The van der Waals surface area contributed by atoms with Crippen molar-refractivity contribution < 1.29 is 5.11 Å². The lowest BCUT2D eigenvalue weighted by molar-refractivity contribution is 0.0219. The third-order valence-electron chi connectivity index (χ3n) is 1.86. The molecule has 2 nitrogen and oxygen atoms in total. The molecule has 0 aromatic heterocycles. The number of benzene rings is 1. The van der Waals surface area contributed by atoms with Gasteiger partial charge in [0.15, 0.2) is 0 Å². The molecule has 2 N–H and O–H groups in total. The maximum atomic E-state index is 9.87. The Morgan fingerprint density at radius 2 is 1.92 bits per heavy atom. The van der Waals surface area contributed by atoms with Crippen molar-refractivity contribution in [2.75, 3.05) is 6.54 Å². The molecule has 1 aromatic rings. The van der Waals surface area contributed by atoms with Crippen molar-refractivity contribution in [2.45, 2.75) is 19.6 Å². The van der Waals surface area contributed by atoms with E-state index in [2.05, 4.69) is 5.32 Å². The van der Waals surface area contributed by atoms with Gasteiger partial charge in [-0.25, -0.2) is 0 Å². The molecule has 1 rings (SSSR count). The zero-order valence-electron chi connectivity index (χ0n) is 7.54. The molecule has 12 heavy (non-hydrogen) atoms. The van der Waals surface area contributed by atoms with Crippen LogP contribution < -0.4 is 5.32 Å². The topological polar surface area (TPSA) is 32.3 Å². The molecule has 1 aromatic carbocycles. The van der Waals surface area contributed by atoms with Crippen molar-refractivity contribution in [3.05, 3.63) is 35.9 Å². The summed E-state index contributed by atoms with van der Waals surface area (Å²) in [6, 6.07) is 9.58. The summed E-state index contributed by atoms with van der Waals surface area (Å²) in [5, 5.41) is 12.9. The molecule has 0 fully saturated rings. The summed E-state index contributed by atoms with van der Waals surface area (Å²) in [4.78, 5) is 0. The molecule has 66 valence electrons. The van der Waals surface area contributed by atoms with Crippen LogP contribution in [0.5, 0.6) is 0 Å². The normalized spacial score (nSPS) is 15.6. The molecule has 0 saturated carbocycles. The van der Waals surface area contributed by atoms with Gasteiger partial charge in [0, 0.05) is 0 Å². The number of hydrogen-bond acceptors (Lipinski definition) is 2. The van der Waals surface area contributed by atoms with Gasteiger partial charge in [0.1, 0.15) is 5.72 Å². The maximum absolute atomic E-state index is 9.87. The van der Waals surface area contributed by atoms with Crippen molar-refractivity contribution in [3.8, 4) is 0 Å². The van der Waals surface area contributed by atoms with Crippen LogP contribution in [0.3, 0.4) is 0 Å². The predicted molar refractivity (Wildman–Crippen MR) is 49.7 cm³/mol. The first kappa shape index (κ1) is 9.23. The van der Waals surface area contributed by atoms with E-state index < -0.39 is 5.72 Å². The van der Waals surface area contributed by atoms with E-state index in [-0.39, 0.29) is 0 Å². The zero-order chi connectivity index (χ0) is 9.03. The van der Waals surface area contributed by atoms with Gasteiger partial charge in [-0.15, -0.1) is 0 Å². The van der Waals surface area contributed by atoms with E-state index in [1.165, 1.54) is 0 Å². The highest BCUT2D eigenvalue weighted by atomic mass is 16.3. The van der Waals surface area contributed by atoms with Crippen LogP contribution in [-0.4, -0.2) is 11.7 Å². The molecule has 0 radical (unpaired) electrons. The minimum absolute atomic E-state index is 0.752. The monoisotopic (exact) mass is 165 g/mol. The van der Waals surface area contributed by atoms with Gasteiger partial charge < -0.3 is 5.11 Å². The summed E-state index contributed by atoms with van der Waals surface area (Å²) in [7, 11) is 0. The molecule has 0 aliphatic heterocycles. The first-order valence-corrected chi connectivity index (χ1v) is 4.19. The summed E-state index contributed by atoms with van der Waals surface area (Å²) in [5.41, 5.74) is -0.0115. The molecule has 0 aliphatic carbocycles. The van der Waals surface area contributed by atoms with Gasteiger partial charge in [-0.05, 0) is 19.0 Å². The highest BCUT2D eigenvalue weighted by molar-refractivity contribution is 5.20. The second-order valence-corrected chi connectivity index (χ2v) is 2.97. The highest BCUT2D eigenvalue weighted by Gasteiger charge is 2.19. The second kappa shape index (κ2) is 3.70. The smallest absolute Gasteiger partial charge is 0.139 e. The maximum Gasteiger partial charge on any atom is 0.139 e. The standard InChI is InChI=1S/C10H15NO/c1-3-11-10(2,12)9-7-5-4-6-8-9/h4-8,11-12H,3H2,1-2H3. The van der Waals surface area contributed by atoms with Gasteiger partial charge in [-0.1, -0.05) is 37.3 Å². The molecule has 0 saturated heterocycles. The van der Waals surface area contributed by atoms with Crippen LogP contribution in [0.2, 0.25) is 0 Å². The lowest BCUT2D eigenvalue weighted by Crippen LogP contribution is -2.38. The van der Waals surface area contributed by atoms with Crippen LogP contribution in [0.4, 0.5) is 0 Å². The van der Waals surface area contributed by atoms with Gasteiger partial charge in [-0.3, -0.25) is 5.32 Å². The summed E-state index contributed by atoms with van der Waals surface area (Å²) in [6.45, 7) is 4.48. The predicted octanol–water partition coefficient (Wildman–Crippen LogP) is 1.46. The average molecular weight is 165 g/mol. The van der Waals surface area contributed by atoms with Crippen molar-refractivity contribution in [1.29, 1.82) is 0 Å². The molecular formula is C10H15NO. The van der Waals surface area contributed by atoms with Crippen LogP contribution in [0.15, 0.2) is 30.3 Å². The van der Waals surface area contributed by atoms with Crippen molar-refractivity contribution in [1.82, 2.24) is 5.32 Å². The molecule has 0 bridgehead atoms. The minimum atomic E-state index is -0.907. The summed E-state index contributed by atoms with van der Waals surface area (Å²) in [5.74, 6) is 0. The van der Waals surface area contributed by atoms with Crippen molar-refractivity contribution in [2.24, 2.45) is 0 Å². The Morgan fingerprint density at radius 1 is 1.33 bits per heavy atom. The summed E-state index contributed by atoms with van der Waals surface area (Å²) < 4.78 is 0. The number of rotatable bonds is 3. The quantitative estimate of drug-likeness (QED) is 0.665. The molecule has 1 unspecified atom stereocenters. The van der Waals surface area contributed by atoms with E-state index in [0.717, 1.165) is 12.1 Å². The Bertz CT molecular complexity index is 231. The van der Waals surface area contributed by atoms with E-state index in [1.807, 2.05) is 37.3 Å². The third-order valence-corrected chi connectivity index (χ3v) is 1.86. The van der Waals surface area contributed by atoms with Crippen LogP contribution in [-0.2, 0) is 5.72 Å². The Morgan fingerprint density at radius 3 is 2.42 bits per heavy atom. The third kappa shape index (κ3) is 2.06. The van der Waals surface area contributed by atoms with Crippen LogP contribution in [0.1, 0.15) is 19.4 Å². The first-order valence-electron chi connectivity index (χ1n) is 4.19. The minimum Gasteiger partial charge on any atom is -0.372 e. The van der Waals surface area contributed by atoms with E-state index in [1.54, 1.807) is 6.92 Å². The SMILES string of the molecule is CCNC(C)(O)c1ccccc1. The molecule has 2 heteroatoms. The number of aliphatic hydroxyl groups is 1. The largest absolute Gasteiger partial charge is 0.372 e. The molecule has 0 heterocycles. The van der Waals surface area contributed by atoms with E-state index in [0.29, 0.717) is 0 Å². The fourth-order valence-corrected chi connectivity index (χ4v) is 1.21. The Kier molecular flexibility index (Phi) is 2.84. The van der Waals surface area contributed by atoms with Gasteiger partial charge in [0.05, 0.1) is 0 Å². The lowest BCUT2D eigenvalue weighted by Gasteiger charge is -2.24. The molecule has 1 atom stereocenters. The van der Waals surface area contributed by atoms with Crippen molar-refractivity contribution >= 4 is 0 Å². The lowest BCUT2D eigenvalue weighted by atomic mass is 10.1. The second-order valence-electron chi connectivity index (χ2n) is 2.97. The zero-order valence-corrected chi connectivity index (χ0v) is 7.54. The van der Waals surface area contributed by atoms with Gasteiger partial charge in [0.25, 0.3) is 0 Å². The highest BCUT2D eigenvalue weighted by Crippen LogP contribution is 2.15. The average Bonchev–Trinajstić information content (AvgIpc) is 2.06. The first-order chi connectivity index (χ1) is 5.67. The Hall–Kier alpha value is -0.860. The van der Waals surface area contributed by atoms with Gasteiger partial charge in [-0.2, -0.15) is 0 Å². The summed E-state index contributed by atoms with van der Waals surface area (Å²) >= 11 is 0. The Labute approximate surface area is 73.2 Å². The van der Waals surface area contributed by atoms with Crippen LogP contribution >= 0.6 is 0 Å². The fourth-order valence-electron chi connectivity index (χ4n) is 1.21. The fraction of sp³-hybridized carbons (Fsp3) is 0.400. The van der Waals surface area contributed by atoms with Crippen LogP contribution in [0.25, 0.3) is 0 Å². The van der Waals surface area contributed by atoms with Gasteiger partial charge >= 0.3 is 0 Å². The van der Waals surface area contributed by atoms with Crippen molar-refractivity contribution in [3.63, 3.8) is 0 Å². The number of hydrogen-bond donors (Lipinski definition) is 2. The molecule has 0 aliphatic rings. The van der Waals surface area contributed by atoms with E-state index >= 15 is 0 Å². The van der Waals surface area contributed by atoms with E-state index in [4.69, 9.17) is 0 Å². The molecule has 0 spiro atoms.